The molecule has 3 aromatic rings. The average molecular weight is 353 g/mol. The molecule has 0 aliphatic rings. The number of hydrogen-bond acceptors (Lipinski definition) is 6. The Balaban J connectivity index is 1.66. The molecule has 0 atom stereocenters. The van der Waals surface area contributed by atoms with Gasteiger partial charge in [-0.25, -0.2) is 14.8 Å². The van der Waals surface area contributed by atoms with Crippen LogP contribution in [0, 0.1) is 6.92 Å². The maximum Gasteiger partial charge on any atom is 0.339 e. The zero-order chi connectivity index (χ0) is 17.6. The van der Waals surface area contributed by atoms with E-state index in [2.05, 4.69) is 27.4 Å². The van der Waals surface area contributed by atoms with E-state index in [4.69, 9.17) is 4.74 Å². The summed E-state index contributed by atoms with van der Waals surface area (Å²) >= 11 is 1.67. The predicted octanol–water partition coefficient (Wildman–Crippen LogP) is 4.30. The van der Waals surface area contributed by atoms with Crippen LogP contribution in [0.15, 0.2) is 48.7 Å². The number of carbonyl (C=O) groups excluding carboxylic acids is 1. The molecular formula is C19H19N3O2S. The molecule has 0 unspecified atom stereocenters. The summed E-state index contributed by atoms with van der Waals surface area (Å²) in [7, 11) is 0. The number of pyridine rings is 1. The molecule has 2 heterocycles. The molecule has 1 N–H and O–H groups in total. The summed E-state index contributed by atoms with van der Waals surface area (Å²) in [5.74, 6) is 0.356. The predicted molar refractivity (Wildman–Crippen MR) is 99.8 cm³/mol. The molecule has 128 valence electrons. The molecule has 0 saturated heterocycles. The van der Waals surface area contributed by atoms with Gasteiger partial charge in [0.2, 0.25) is 0 Å². The van der Waals surface area contributed by atoms with Gasteiger partial charge in [-0.2, -0.15) is 0 Å². The summed E-state index contributed by atoms with van der Waals surface area (Å²) in [6.45, 7) is 4.79. The second kappa shape index (κ2) is 7.90. The Morgan fingerprint density at radius 2 is 2.00 bits per heavy atom. The molecule has 6 heteroatoms. The van der Waals surface area contributed by atoms with E-state index in [0.29, 0.717) is 24.5 Å². The van der Waals surface area contributed by atoms with Crippen molar-refractivity contribution in [3.05, 3.63) is 64.8 Å². The van der Waals surface area contributed by atoms with E-state index in [1.54, 1.807) is 30.4 Å². The van der Waals surface area contributed by atoms with Crippen LogP contribution in [0.2, 0.25) is 0 Å². The molecule has 5 nitrogen and oxygen atoms in total. The van der Waals surface area contributed by atoms with Crippen molar-refractivity contribution in [1.82, 2.24) is 9.97 Å². The lowest BCUT2D eigenvalue weighted by atomic mass is 10.2. The molecule has 3 rings (SSSR count). The number of nitrogens with one attached hydrogen (secondary N) is 1. The quantitative estimate of drug-likeness (QED) is 0.669. The third kappa shape index (κ3) is 4.22. The smallest absolute Gasteiger partial charge is 0.339 e. The fourth-order valence-corrected chi connectivity index (χ4v) is 3.31. The van der Waals surface area contributed by atoms with Crippen molar-refractivity contribution in [2.75, 3.05) is 11.9 Å². The zero-order valence-corrected chi connectivity index (χ0v) is 15.0. The molecule has 2 aromatic heterocycles. The van der Waals surface area contributed by atoms with Crippen LogP contribution in [0.1, 0.15) is 27.9 Å². The molecule has 0 bridgehead atoms. The number of hydrogen-bond donors (Lipinski definition) is 1. The number of esters is 1. The van der Waals surface area contributed by atoms with Crippen LogP contribution in [0.3, 0.4) is 0 Å². The van der Waals surface area contributed by atoms with Crippen LogP contribution in [0.5, 0.6) is 0 Å². The zero-order valence-electron chi connectivity index (χ0n) is 14.2. The van der Waals surface area contributed by atoms with Crippen LogP contribution in [-0.2, 0) is 11.3 Å². The topological polar surface area (TPSA) is 64.1 Å². The van der Waals surface area contributed by atoms with Gasteiger partial charge in [0.25, 0.3) is 0 Å². The van der Waals surface area contributed by atoms with Crippen molar-refractivity contribution in [2.24, 2.45) is 0 Å². The largest absolute Gasteiger partial charge is 0.462 e. The van der Waals surface area contributed by atoms with Gasteiger partial charge in [-0.1, -0.05) is 30.3 Å². The minimum absolute atomic E-state index is 0.354. The molecule has 0 saturated carbocycles. The van der Waals surface area contributed by atoms with Gasteiger partial charge in [0, 0.05) is 16.6 Å². The van der Waals surface area contributed by atoms with E-state index in [0.717, 1.165) is 21.1 Å². The lowest BCUT2D eigenvalue weighted by Crippen LogP contribution is -2.06. The van der Waals surface area contributed by atoms with Crippen LogP contribution >= 0.6 is 11.3 Å². The van der Waals surface area contributed by atoms with Crippen LogP contribution in [0.4, 0.5) is 5.82 Å². The van der Waals surface area contributed by atoms with Crippen molar-refractivity contribution < 1.29 is 9.53 Å². The highest BCUT2D eigenvalue weighted by molar-refractivity contribution is 7.15. The van der Waals surface area contributed by atoms with Gasteiger partial charge in [-0.05, 0) is 26.0 Å². The molecule has 0 amide bonds. The maximum atomic E-state index is 11.6. The minimum atomic E-state index is -0.354. The highest BCUT2D eigenvalue weighted by atomic mass is 32.1. The van der Waals surface area contributed by atoms with E-state index in [9.17, 15) is 4.79 Å². The van der Waals surface area contributed by atoms with Crippen LogP contribution < -0.4 is 5.32 Å². The number of rotatable bonds is 6. The monoisotopic (exact) mass is 353 g/mol. The fourth-order valence-electron chi connectivity index (χ4n) is 2.30. The number of ether oxygens (including phenoxy) is 1. The average Bonchev–Trinajstić information content (AvgIpc) is 3.02. The number of thiazole rings is 1. The molecule has 1 aromatic carbocycles. The summed E-state index contributed by atoms with van der Waals surface area (Å²) in [4.78, 5) is 21.7. The molecule has 25 heavy (non-hydrogen) atoms. The summed E-state index contributed by atoms with van der Waals surface area (Å²) in [5.41, 5.74) is 2.59. The number of benzene rings is 1. The minimum Gasteiger partial charge on any atom is -0.462 e. The van der Waals surface area contributed by atoms with E-state index in [1.165, 1.54) is 6.20 Å². The number of aromatic nitrogens is 2. The second-order valence-corrected chi connectivity index (χ2v) is 6.48. The first-order chi connectivity index (χ1) is 12.2. The van der Waals surface area contributed by atoms with Gasteiger partial charge in [0.1, 0.15) is 10.8 Å². The van der Waals surface area contributed by atoms with Crippen molar-refractivity contribution in [3.8, 4) is 10.6 Å². The van der Waals surface area contributed by atoms with E-state index >= 15 is 0 Å². The lowest BCUT2D eigenvalue weighted by Gasteiger charge is -2.05. The molecule has 0 spiro atoms. The highest BCUT2D eigenvalue weighted by Gasteiger charge is 2.10. The number of carbonyl (C=O) groups is 1. The third-order valence-corrected chi connectivity index (χ3v) is 4.82. The Morgan fingerprint density at radius 1 is 1.20 bits per heavy atom. The number of aryl methyl sites for hydroxylation is 1. The van der Waals surface area contributed by atoms with Crippen molar-refractivity contribution in [3.63, 3.8) is 0 Å². The Hall–Kier alpha value is -2.73. The van der Waals surface area contributed by atoms with Gasteiger partial charge in [0.15, 0.2) is 0 Å². The first kappa shape index (κ1) is 17.1. The standard InChI is InChI=1S/C19H19N3O2S/c1-3-24-19(23)15-9-10-17(20-11-15)21-12-16-13(2)22-18(25-16)14-7-5-4-6-8-14/h4-11H,3,12H2,1-2H3,(H,20,21). The van der Waals surface area contributed by atoms with Crippen LogP contribution in [0.25, 0.3) is 10.6 Å². The molecule has 0 radical (unpaired) electrons. The lowest BCUT2D eigenvalue weighted by molar-refractivity contribution is 0.0526. The van der Waals surface area contributed by atoms with E-state index in [1.807, 2.05) is 25.1 Å². The first-order valence-corrected chi connectivity index (χ1v) is 8.87. The summed E-state index contributed by atoms with van der Waals surface area (Å²) in [6, 6.07) is 13.6. The highest BCUT2D eigenvalue weighted by Crippen LogP contribution is 2.28. The Labute approximate surface area is 150 Å². The van der Waals surface area contributed by atoms with E-state index < -0.39 is 0 Å². The summed E-state index contributed by atoms with van der Waals surface area (Å²) in [5, 5.41) is 4.29. The normalized spacial score (nSPS) is 10.5. The molecule has 0 aliphatic heterocycles. The first-order valence-electron chi connectivity index (χ1n) is 8.06. The summed E-state index contributed by atoms with van der Waals surface area (Å²) in [6.07, 6.45) is 1.52. The van der Waals surface area contributed by atoms with Crippen molar-refractivity contribution >= 4 is 23.1 Å². The fraction of sp³-hybridized carbons (Fsp3) is 0.211. The molecule has 0 fully saturated rings. The Kier molecular flexibility index (Phi) is 5.40. The maximum absolute atomic E-state index is 11.6. The van der Waals surface area contributed by atoms with Crippen molar-refractivity contribution in [2.45, 2.75) is 20.4 Å². The van der Waals surface area contributed by atoms with Gasteiger partial charge < -0.3 is 10.1 Å². The van der Waals surface area contributed by atoms with Gasteiger partial charge >= 0.3 is 5.97 Å². The third-order valence-electron chi connectivity index (χ3n) is 3.62. The van der Waals surface area contributed by atoms with Crippen LogP contribution in [-0.4, -0.2) is 22.5 Å². The molecule has 0 aliphatic carbocycles. The Morgan fingerprint density at radius 3 is 2.68 bits per heavy atom. The number of nitrogens with zero attached hydrogens (tertiary/aromatic N) is 2. The summed E-state index contributed by atoms with van der Waals surface area (Å²) < 4.78 is 4.95. The Bertz CT molecular complexity index is 845. The van der Waals surface area contributed by atoms with Gasteiger partial charge in [-0.15, -0.1) is 11.3 Å². The molecular weight excluding hydrogens is 334 g/mol. The second-order valence-electron chi connectivity index (χ2n) is 5.40. The van der Waals surface area contributed by atoms with E-state index in [-0.39, 0.29) is 5.97 Å². The number of anilines is 1. The van der Waals surface area contributed by atoms with Gasteiger partial charge in [-0.3, -0.25) is 0 Å². The SMILES string of the molecule is CCOC(=O)c1ccc(NCc2sc(-c3ccccc3)nc2C)nc1. The van der Waals surface area contributed by atoms with Crippen molar-refractivity contribution in [1.29, 1.82) is 0 Å². The van der Waals surface area contributed by atoms with Gasteiger partial charge in [0.05, 0.1) is 24.4 Å².